The fourth-order valence-electron chi connectivity index (χ4n) is 3.18. The van der Waals surface area contributed by atoms with Crippen LogP contribution in [0.25, 0.3) is 0 Å². The summed E-state index contributed by atoms with van der Waals surface area (Å²) in [5.41, 5.74) is 9.13. The summed E-state index contributed by atoms with van der Waals surface area (Å²) < 4.78 is 2.21. The van der Waals surface area contributed by atoms with Gasteiger partial charge in [0.05, 0.1) is 6.33 Å². The fourth-order valence-corrected chi connectivity index (χ4v) is 3.18. The average molecular weight is 314 g/mol. The minimum Gasteiger partial charge on any atom is -0.399 e. The van der Waals surface area contributed by atoms with Gasteiger partial charge in [-0.1, -0.05) is 26.0 Å². The second-order valence-corrected chi connectivity index (χ2v) is 7.06. The van der Waals surface area contributed by atoms with Crippen LogP contribution in [-0.4, -0.2) is 21.6 Å². The van der Waals surface area contributed by atoms with Gasteiger partial charge >= 0.3 is 0 Å². The molecule has 4 nitrogen and oxygen atoms in total. The van der Waals surface area contributed by atoms with Gasteiger partial charge in [0, 0.05) is 42.6 Å². The van der Waals surface area contributed by atoms with Crippen molar-refractivity contribution in [2.45, 2.75) is 59.2 Å². The van der Waals surface area contributed by atoms with E-state index >= 15 is 0 Å². The average Bonchev–Trinajstić information content (AvgIpc) is 2.84. The van der Waals surface area contributed by atoms with Crippen LogP contribution in [0, 0.1) is 5.92 Å². The number of imidazole rings is 1. The highest BCUT2D eigenvalue weighted by molar-refractivity contribution is 5.40. The maximum atomic E-state index is 5.87. The van der Waals surface area contributed by atoms with E-state index in [0.29, 0.717) is 12.1 Å². The number of nitrogens with one attached hydrogen (secondary N) is 1. The van der Waals surface area contributed by atoms with Crippen LogP contribution >= 0.6 is 0 Å². The first-order valence-electron chi connectivity index (χ1n) is 8.53. The number of rotatable bonds is 8. The van der Waals surface area contributed by atoms with E-state index in [1.807, 2.05) is 30.7 Å². The lowest BCUT2D eigenvalue weighted by atomic mass is 10.0. The van der Waals surface area contributed by atoms with Crippen molar-refractivity contribution in [2.24, 2.45) is 5.92 Å². The molecule has 0 aliphatic carbocycles. The number of hydrogen-bond donors (Lipinski definition) is 2. The summed E-state index contributed by atoms with van der Waals surface area (Å²) >= 11 is 0. The highest BCUT2D eigenvalue weighted by Gasteiger charge is 2.12. The number of anilines is 1. The molecule has 0 aliphatic rings. The number of nitrogens with two attached hydrogens (primary N) is 1. The van der Waals surface area contributed by atoms with Crippen LogP contribution in [-0.2, 0) is 13.0 Å². The minimum atomic E-state index is 0.431. The third-order valence-electron chi connectivity index (χ3n) is 4.01. The van der Waals surface area contributed by atoms with E-state index in [1.165, 1.54) is 17.7 Å². The maximum absolute atomic E-state index is 5.87. The molecule has 0 bridgehead atoms. The Morgan fingerprint density at radius 3 is 2.65 bits per heavy atom. The molecule has 1 aromatic carbocycles. The first-order valence-corrected chi connectivity index (χ1v) is 8.53. The van der Waals surface area contributed by atoms with Crippen LogP contribution in [0.15, 0.2) is 36.8 Å². The monoisotopic (exact) mass is 314 g/mol. The lowest BCUT2D eigenvalue weighted by Crippen LogP contribution is -2.37. The molecule has 2 unspecified atom stereocenters. The normalized spacial score (nSPS) is 14.1. The standard InChI is InChI=1S/C19H30N4/c1-14(2)8-15(3)22-16(4)9-19-11-21-13-23(19)12-17-6-5-7-18(20)10-17/h5-7,10-11,13-16,22H,8-9,12,20H2,1-4H3. The van der Waals surface area contributed by atoms with Gasteiger partial charge in [-0.2, -0.15) is 0 Å². The van der Waals surface area contributed by atoms with Crippen LogP contribution in [0.1, 0.15) is 45.4 Å². The summed E-state index contributed by atoms with van der Waals surface area (Å²) in [6.07, 6.45) is 6.05. The van der Waals surface area contributed by atoms with Gasteiger partial charge in [0.1, 0.15) is 0 Å². The van der Waals surface area contributed by atoms with Gasteiger partial charge in [-0.25, -0.2) is 4.98 Å². The lowest BCUT2D eigenvalue weighted by Gasteiger charge is -2.22. The Kier molecular flexibility index (Phi) is 6.22. The van der Waals surface area contributed by atoms with Crippen molar-refractivity contribution >= 4 is 5.69 Å². The molecule has 0 amide bonds. The summed E-state index contributed by atoms with van der Waals surface area (Å²) in [5.74, 6) is 0.721. The predicted molar refractivity (Wildman–Crippen MR) is 97.4 cm³/mol. The molecule has 1 heterocycles. The van der Waals surface area contributed by atoms with Crippen molar-refractivity contribution in [3.8, 4) is 0 Å². The molecule has 0 saturated carbocycles. The van der Waals surface area contributed by atoms with Crippen molar-refractivity contribution in [1.29, 1.82) is 0 Å². The van der Waals surface area contributed by atoms with Crippen molar-refractivity contribution in [3.05, 3.63) is 48.0 Å². The Labute approximate surface area is 140 Å². The zero-order valence-corrected chi connectivity index (χ0v) is 14.8. The number of benzene rings is 1. The van der Waals surface area contributed by atoms with Crippen LogP contribution in [0.2, 0.25) is 0 Å². The summed E-state index contributed by atoms with van der Waals surface area (Å²) in [5, 5.41) is 3.69. The molecule has 126 valence electrons. The Balaban J connectivity index is 1.95. The number of nitrogens with zero attached hydrogens (tertiary/aromatic N) is 2. The van der Waals surface area contributed by atoms with E-state index < -0.39 is 0 Å². The third-order valence-corrected chi connectivity index (χ3v) is 4.01. The SMILES string of the molecule is CC(C)CC(C)NC(C)Cc1cncn1Cc1cccc(N)c1. The van der Waals surface area contributed by atoms with E-state index in [4.69, 9.17) is 5.73 Å². The quantitative estimate of drug-likeness (QED) is 0.734. The lowest BCUT2D eigenvalue weighted by molar-refractivity contribution is 0.397. The van der Waals surface area contributed by atoms with E-state index in [2.05, 4.69) is 48.6 Å². The van der Waals surface area contributed by atoms with Gasteiger partial charge in [0.25, 0.3) is 0 Å². The van der Waals surface area contributed by atoms with E-state index in [-0.39, 0.29) is 0 Å². The van der Waals surface area contributed by atoms with Crippen LogP contribution in [0.5, 0.6) is 0 Å². The number of aromatic nitrogens is 2. The topological polar surface area (TPSA) is 55.9 Å². The molecule has 0 spiro atoms. The van der Waals surface area contributed by atoms with E-state index in [0.717, 1.165) is 24.6 Å². The zero-order chi connectivity index (χ0) is 16.8. The Hall–Kier alpha value is -1.81. The number of hydrogen-bond acceptors (Lipinski definition) is 3. The molecule has 2 atom stereocenters. The molecule has 0 radical (unpaired) electrons. The summed E-state index contributed by atoms with van der Waals surface area (Å²) in [6.45, 7) is 9.86. The first kappa shape index (κ1) is 17.5. The third kappa shape index (κ3) is 5.71. The largest absolute Gasteiger partial charge is 0.399 e. The summed E-state index contributed by atoms with van der Waals surface area (Å²) in [6, 6.07) is 9.01. The Morgan fingerprint density at radius 1 is 1.17 bits per heavy atom. The molecule has 2 rings (SSSR count). The maximum Gasteiger partial charge on any atom is 0.0951 e. The predicted octanol–water partition coefficient (Wildman–Crippen LogP) is 3.47. The van der Waals surface area contributed by atoms with Crippen molar-refractivity contribution in [2.75, 3.05) is 5.73 Å². The van der Waals surface area contributed by atoms with Gasteiger partial charge in [-0.05, 0) is 43.9 Å². The Morgan fingerprint density at radius 2 is 1.96 bits per heavy atom. The van der Waals surface area contributed by atoms with Gasteiger partial charge in [-0.3, -0.25) is 0 Å². The van der Waals surface area contributed by atoms with Crippen LogP contribution in [0.3, 0.4) is 0 Å². The van der Waals surface area contributed by atoms with Gasteiger partial charge in [0.15, 0.2) is 0 Å². The van der Waals surface area contributed by atoms with Gasteiger partial charge in [0.2, 0.25) is 0 Å². The van der Waals surface area contributed by atoms with Gasteiger partial charge in [-0.15, -0.1) is 0 Å². The van der Waals surface area contributed by atoms with Crippen LogP contribution < -0.4 is 11.1 Å². The second-order valence-electron chi connectivity index (χ2n) is 7.06. The molecule has 23 heavy (non-hydrogen) atoms. The van der Waals surface area contributed by atoms with Crippen LogP contribution in [0.4, 0.5) is 5.69 Å². The summed E-state index contributed by atoms with van der Waals surface area (Å²) in [4.78, 5) is 4.33. The van der Waals surface area contributed by atoms with Crippen molar-refractivity contribution < 1.29 is 0 Å². The molecule has 2 aromatic rings. The molecular weight excluding hydrogens is 284 g/mol. The molecular formula is C19H30N4. The van der Waals surface area contributed by atoms with Crippen molar-refractivity contribution in [3.63, 3.8) is 0 Å². The second kappa shape index (κ2) is 8.16. The first-order chi connectivity index (χ1) is 10.9. The minimum absolute atomic E-state index is 0.431. The number of nitrogen functional groups attached to an aromatic ring is 1. The highest BCUT2D eigenvalue weighted by atomic mass is 15.1. The zero-order valence-electron chi connectivity index (χ0n) is 14.8. The smallest absolute Gasteiger partial charge is 0.0951 e. The molecule has 3 N–H and O–H groups in total. The molecule has 0 aliphatic heterocycles. The van der Waals surface area contributed by atoms with E-state index in [1.54, 1.807) is 0 Å². The summed E-state index contributed by atoms with van der Waals surface area (Å²) in [7, 11) is 0. The molecule has 4 heteroatoms. The molecule has 0 saturated heterocycles. The molecule has 1 aromatic heterocycles. The van der Waals surface area contributed by atoms with Gasteiger partial charge < -0.3 is 15.6 Å². The fraction of sp³-hybridized carbons (Fsp3) is 0.526. The Bertz CT molecular complexity index is 603. The highest BCUT2D eigenvalue weighted by Crippen LogP contribution is 2.12. The van der Waals surface area contributed by atoms with Crippen molar-refractivity contribution in [1.82, 2.24) is 14.9 Å². The van der Waals surface area contributed by atoms with E-state index in [9.17, 15) is 0 Å². The molecule has 0 fully saturated rings.